The van der Waals surface area contributed by atoms with Crippen LogP contribution in [0, 0.1) is 0 Å². The number of hydrogen-bond donors (Lipinski definition) is 1. The molecule has 0 aromatic heterocycles. The third-order valence-corrected chi connectivity index (χ3v) is 0.740. The molecule has 0 bridgehead atoms. The van der Waals surface area contributed by atoms with Crippen molar-refractivity contribution in [2.75, 3.05) is 0 Å². The Bertz CT molecular complexity index is 170. The molecule has 0 aliphatic heterocycles. The van der Waals surface area contributed by atoms with Gasteiger partial charge in [0.1, 0.15) is 6.29 Å². The van der Waals surface area contributed by atoms with Crippen LogP contribution in [0.3, 0.4) is 0 Å². The summed E-state index contributed by atoms with van der Waals surface area (Å²) in [7, 11) is 0. The molecule has 0 heterocycles. The van der Waals surface area contributed by atoms with Gasteiger partial charge < -0.3 is 10.5 Å². The van der Waals surface area contributed by atoms with Crippen molar-refractivity contribution in [3.8, 4) is 0 Å². The van der Waals surface area contributed by atoms with Crippen LogP contribution in [0.2, 0.25) is 0 Å². The van der Waals surface area contributed by atoms with Crippen LogP contribution in [0.15, 0.2) is 24.3 Å². The molecular weight excluding hydrogens is 130 g/mol. The second-order valence-electron chi connectivity index (χ2n) is 1.59. The first-order valence-corrected chi connectivity index (χ1v) is 2.83. The molecule has 0 rings (SSSR count). The highest BCUT2D eigenvalue weighted by Gasteiger charge is 1.76. The lowest BCUT2D eigenvalue weighted by Crippen LogP contribution is -2.04. The Hall–Kier alpha value is -1.38. The quantitative estimate of drug-likeness (QED) is 0.343. The summed E-state index contributed by atoms with van der Waals surface area (Å²) < 4.78 is 0. The van der Waals surface area contributed by atoms with Gasteiger partial charge in [-0.15, -0.1) is 0 Å². The van der Waals surface area contributed by atoms with E-state index in [9.17, 15) is 9.59 Å². The summed E-state index contributed by atoms with van der Waals surface area (Å²) in [5.74, 6) is -0.490. The van der Waals surface area contributed by atoms with Crippen LogP contribution in [0.25, 0.3) is 0 Å². The van der Waals surface area contributed by atoms with Crippen molar-refractivity contribution >= 4 is 12.2 Å². The van der Waals surface area contributed by atoms with Gasteiger partial charge in [-0.25, -0.2) is 0 Å². The number of rotatable bonds is 4. The maximum absolute atomic E-state index is 10.1. The highest BCUT2D eigenvalue weighted by Crippen LogP contribution is 1.79. The van der Waals surface area contributed by atoms with Crippen molar-refractivity contribution in [3.63, 3.8) is 0 Å². The number of nitrogens with two attached hydrogens (primary N) is 1. The molecule has 10 heavy (non-hydrogen) atoms. The maximum atomic E-state index is 10.1. The number of aldehydes is 1. The minimum absolute atomic E-state index is 0.364. The van der Waals surface area contributed by atoms with Crippen LogP contribution in [0.4, 0.5) is 0 Å². The number of carbonyl (C=O) groups excluding carboxylic acids is 2. The molecule has 3 nitrogen and oxygen atoms in total. The van der Waals surface area contributed by atoms with Crippen molar-refractivity contribution in [1.29, 1.82) is 0 Å². The Morgan fingerprint density at radius 3 is 2.60 bits per heavy atom. The zero-order valence-corrected chi connectivity index (χ0v) is 5.49. The molecule has 0 aliphatic carbocycles. The molecule has 0 fully saturated rings. The van der Waals surface area contributed by atoms with Gasteiger partial charge in [-0.1, -0.05) is 18.2 Å². The predicted molar refractivity (Wildman–Crippen MR) is 38.2 cm³/mol. The number of primary amides is 1. The van der Waals surface area contributed by atoms with Crippen LogP contribution in [-0.2, 0) is 9.59 Å². The van der Waals surface area contributed by atoms with Gasteiger partial charge >= 0.3 is 0 Å². The molecule has 3 heteroatoms. The summed E-state index contributed by atoms with van der Waals surface area (Å²) in [5.41, 5.74) is 4.78. The molecule has 0 aromatic carbocycles. The Balaban J connectivity index is 3.51. The molecule has 0 saturated heterocycles. The molecule has 0 saturated carbocycles. The minimum atomic E-state index is -0.490. The fraction of sp³-hybridized carbons (Fsp3) is 0.143. The van der Waals surface area contributed by atoms with E-state index in [1.54, 1.807) is 12.2 Å². The number of allylic oxidation sites excluding steroid dienone is 3. The van der Waals surface area contributed by atoms with E-state index in [1.165, 1.54) is 12.2 Å². The third-order valence-electron chi connectivity index (χ3n) is 0.740. The van der Waals surface area contributed by atoms with Crippen molar-refractivity contribution in [2.24, 2.45) is 5.73 Å². The molecular formula is C7H9NO2. The predicted octanol–water partition coefficient (Wildman–Crippen LogP) is 0.173. The van der Waals surface area contributed by atoms with E-state index in [4.69, 9.17) is 5.73 Å². The highest BCUT2D eigenvalue weighted by atomic mass is 16.1. The van der Waals surface area contributed by atoms with Gasteiger partial charge in [0.25, 0.3) is 0 Å². The Morgan fingerprint density at radius 2 is 2.10 bits per heavy atom. The normalized spacial score (nSPS) is 10.8. The summed E-state index contributed by atoms with van der Waals surface area (Å²) >= 11 is 0. The van der Waals surface area contributed by atoms with E-state index in [0.717, 1.165) is 6.29 Å². The first kappa shape index (κ1) is 8.62. The maximum Gasteiger partial charge on any atom is 0.241 e. The molecule has 0 aromatic rings. The molecule has 0 radical (unpaired) electrons. The Kier molecular flexibility index (Phi) is 4.96. The SMILES string of the molecule is NC(=O)/C=C/C=C/CC=O. The molecule has 54 valence electrons. The molecule has 1 amide bonds. The van der Waals surface area contributed by atoms with E-state index >= 15 is 0 Å². The van der Waals surface area contributed by atoms with Gasteiger partial charge in [0.15, 0.2) is 0 Å². The zero-order valence-electron chi connectivity index (χ0n) is 5.49. The molecule has 0 aliphatic rings. The molecule has 0 unspecified atom stereocenters. The summed E-state index contributed by atoms with van der Waals surface area (Å²) in [4.78, 5) is 19.8. The average molecular weight is 139 g/mol. The van der Waals surface area contributed by atoms with Crippen molar-refractivity contribution in [3.05, 3.63) is 24.3 Å². The lowest BCUT2D eigenvalue weighted by atomic mass is 10.4. The van der Waals surface area contributed by atoms with Crippen LogP contribution in [0.5, 0.6) is 0 Å². The van der Waals surface area contributed by atoms with E-state index in [1.807, 2.05) is 0 Å². The summed E-state index contributed by atoms with van der Waals surface area (Å²) in [5, 5.41) is 0. The van der Waals surface area contributed by atoms with Gasteiger partial charge in [0.2, 0.25) is 5.91 Å². The second-order valence-corrected chi connectivity index (χ2v) is 1.59. The molecule has 2 N–H and O–H groups in total. The number of amides is 1. The molecule has 0 spiro atoms. The van der Waals surface area contributed by atoms with Gasteiger partial charge in [-0.2, -0.15) is 0 Å². The molecule has 0 atom stereocenters. The Labute approximate surface area is 59.2 Å². The van der Waals surface area contributed by atoms with E-state index < -0.39 is 5.91 Å². The zero-order chi connectivity index (χ0) is 7.82. The fourth-order valence-electron chi connectivity index (χ4n) is 0.363. The smallest absolute Gasteiger partial charge is 0.241 e. The van der Waals surface area contributed by atoms with Crippen molar-refractivity contribution in [1.82, 2.24) is 0 Å². The second kappa shape index (κ2) is 5.75. The van der Waals surface area contributed by atoms with Gasteiger partial charge in [0, 0.05) is 12.5 Å². The fourth-order valence-corrected chi connectivity index (χ4v) is 0.363. The minimum Gasteiger partial charge on any atom is -0.366 e. The lowest BCUT2D eigenvalue weighted by molar-refractivity contribution is -0.113. The number of carbonyl (C=O) groups is 2. The monoisotopic (exact) mass is 139 g/mol. The van der Waals surface area contributed by atoms with E-state index in [0.29, 0.717) is 6.42 Å². The van der Waals surface area contributed by atoms with Crippen molar-refractivity contribution < 1.29 is 9.59 Å². The van der Waals surface area contributed by atoms with E-state index in [-0.39, 0.29) is 0 Å². The number of hydrogen-bond acceptors (Lipinski definition) is 2. The van der Waals surface area contributed by atoms with Crippen LogP contribution < -0.4 is 5.73 Å². The Morgan fingerprint density at radius 1 is 1.40 bits per heavy atom. The lowest BCUT2D eigenvalue weighted by Gasteiger charge is -1.75. The summed E-state index contributed by atoms with van der Waals surface area (Å²) in [6.07, 6.45) is 7.08. The average Bonchev–Trinajstić information content (AvgIpc) is 1.87. The third kappa shape index (κ3) is 6.62. The standard InChI is InChI=1S/C7H9NO2/c8-7(10)5-3-1-2-4-6-9/h1-3,5-6H,4H2,(H2,8,10)/b2-1+,5-3+. The first-order valence-electron chi connectivity index (χ1n) is 2.83. The van der Waals surface area contributed by atoms with Crippen LogP contribution in [-0.4, -0.2) is 12.2 Å². The topological polar surface area (TPSA) is 60.2 Å². The largest absolute Gasteiger partial charge is 0.366 e. The first-order chi connectivity index (χ1) is 4.77. The summed E-state index contributed by atoms with van der Waals surface area (Å²) in [6, 6.07) is 0. The highest BCUT2D eigenvalue weighted by molar-refractivity contribution is 5.85. The van der Waals surface area contributed by atoms with Gasteiger partial charge in [-0.05, 0) is 0 Å². The van der Waals surface area contributed by atoms with E-state index in [2.05, 4.69) is 0 Å². The summed E-state index contributed by atoms with van der Waals surface area (Å²) in [6.45, 7) is 0. The van der Waals surface area contributed by atoms with Gasteiger partial charge in [0.05, 0.1) is 0 Å². The van der Waals surface area contributed by atoms with Crippen LogP contribution in [0.1, 0.15) is 6.42 Å². The van der Waals surface area contributed by atoms with Crippen LogP contribution >= 0.6 is 0 Å². The van der Waals surface area contributed by atoms with Crippen molar-refractivity contribution in [2.45, 2.75) is 6.42 Å². The van der Waals surface area contributed by atoms with Gasteiger partial charge in [-0.3, -0.25) is 4.79 Å².